The predicted molar refractivity (Wildman–Crippen MR) is 43.3 cm³/mol. The maximum absolute atomic E-state index is 11.0. The van der Waals surface area contributed by atoms with Crippen LogP contribution in [0.5, 0.6) is 0 Å². The van der Waals surface area contributed by atoms with Crippen LogP contribution in [-0.4, -0.2) is 28.2 Å². The molecule has 0 bridgehead atoms. The lowest BCUT2D eigenvalue weighted by atomic mass is 10.3. The number of carboxylic acid groups (broad SMARTS) is 1. The molecule has 0 rings (SSSR count). The van der Waals surface area contributed by atoms with Crippen LogP contribution in [0.15, 0.2) is 12.7 Å². The first kappa shape index (κ1) is 10.6. The summed E-state index contributed by atoms with van der Waals surface area (Å²) >= 11 is 0. The molecule has 0 aliphatic carbocycles. The topological polar surface area (TPSA) is 83.6 Å². The molecule has 1 atom stereocenters. The minimum absolute atomic E-state index is 0.0200. The van der Waals surface area contributed by atoms with Gasteiger partial charge in [-0.1, -0.05) is 6.08 Å². The van der Waals surface area contributed by atoms with Crippen LogP contribution in [0, 0.1) is 0 Å². The minimum atomic E-state index is -1.34. The van der Waals surface area contributed by atoms with E-state index in [1.807, 2.05) is 0 Å². The van der Waals surface area contributed by atoms with Gasteiger partial charge in [0, 0.05) is 6.42 Å². The Balaban J connectivity index is 4.40. The number of hydrogen-bond donors (Lipinski definition) is 2. The van der Waals surface area contributed by atoms with Gasteiger partial charge >= 0.3 is 6.09 Å². The smallest absolute Gasteiger partial charge is 0.415 e. The Morgan fingerprint density at radius 2 is 2.25 bits per heavy atom. The normalized spacial score (nSPS) is 11.8. The lowest BCUT2D eigenvalue weighted by molar-refractivity contribution is -0.129. The Hall–Kier alpha value is -1.36. The van der Waals surface area contributed by atoms with Crippen molar-refractivity contribution in [2.75, 3.05) is 0 Å². The molecule has 12 heavy (non-hydrogen) atoms. The van der Waals surface area contributed by atoms with Gasteiger partial charge in [-0.05, 0) is 6.92 Å². The van der Waals surface area contributed by atoms with Crippen LogP contribution in [-0.2, 0) is 4.79 Å². The van der Waals surface area contributed by atoms with Gasteiger partial charge in [-0.3, -0.25) is 4.79 Å². The van der Waals surface area contributed by atoms with Crippen molar-refractivity contribution in [2.45, 2.75) is 19.5 Å². The summed E-state index contributed by atoms with van der Waals surface area (Å²) in [5.74, 6) is -0.562. The van der Waals surface area contributed by atoms with Crippen molar-refractivity contribution < 1.29 is 14.7 Å². The number of nitrogens with zero attached hydrogens (tertiary/aromatic N) is 1. The molecule has 0 spiro atoms. The zero-order chi connectivity index (χ0) is 9.72. The van der Waals surface area contributed by atoms with Crippen molar-refractivity contribution in [1.82, 2.24) is 4.90 Å². The number of carbonyl (C=O) groups excluding carboxylic acids is 1. The number of carbonyl (C=O) groups is 2. The van der Waals surface area contributed by atoms with E-state index in [4.69, 9.17) is 10.8 Å². The van der Waals surface area contributed by atoms with Crippen molar-refractivity contribution in [3.8, 4) is 0 Å². The third-order valence-electron chi connectivity index (χ3n) is 1.20. The van der Waals surface area contributed by atoms with E-state index < -0.39 is 18.2 Å². The molecule has 0 saturated carbocycles. The van der Waals surface area contributed by atoms with Crippen LogP contribution in [0.2, 0.25) is 0 Å². The van der Waals surface area contributed by atoms with Gasteiger partial charge in [-0.15, -0.1) is 6.58 Å². The van der Waals surface area contributed by atoms with Crippen LogP contribution in [0.3, 0.4) is 0 Å². The molecule has 0 fully saturated rings. The summed E-state index contributed by atoms with van der Waals surface area (Å²) in [6, 6.07) is 0. The third kappa shape index (κ3) is 2.71. The Morgan fingerprint density at radius 3 is 2.50 bits per heavy atom. The Kier molecular flexibility index (Phi) is 3.99. The van der Waals surface area contributed by atoms with E-state index in [1.54, 1.807) is 0 Å². The second-order valence-corrected chi connectivity index (χ2v) is 2.28. The number of hydrogen-bond acceptors (Lipinski definition) is 3. The highest BCUT2D eigenvalue weighted by Crippen LogP contribution is 1.98. The zero-order valence-corrected chi connectivity index (χ0v) is 6.86. The second-order valence-electron chi connectivity index (χ2n) is 2.28. The van der Waals surface area contributed by atoms with E-state index >= 15 is 0 Å². The largest absolute Gasteiger partial charge is 0.465 e. The van der Waals surface area contributed by atoms with Crippen LogP contribution in [0.25, 0.3) is 0 Å². The van der Waals surface area contributed by atoms with E-state index in [0.29, 0.717) is 4.90 Å². The first-order valence-corrected chi connectivity index (χ1v) is 3.42. The first-order chi connectivity index (χ1) is 5.50. The van der Waals surface area contributed by atoms with Crippen molar-refractivity contribution in [1.29, 1.82) is 0 Å². The van der Waals surface area contributed by atoms with Gasteiger partial charge in [0.15, 0.2) is 0 Å². The molecule has 2 amide bonds. The second kappa shape index (κ2) is 4.50. The SMILES string of the molecule is C=CCC(=O)N(C(=O)O)C(C)N. The molecule has 0 aliphatic rings. The molecular formula is C7H12N2O3. The maximum Gasteiger partial charge on any atom is 0.415 e. The molecule has 0 aromatic rings. The van der Waals surface area contributed by atoms with Gasteiger partial charge in [-0.2, -0.15) is 0 Å². The molecule has 0 heterocycles. The van der Waals surface area contributed by atoms with E-state index in [-0.39, 0.29) is 6.42 Å². The highest BCUT2D eigenvalue weighted by molar-refractivity contribution is 5.92. The number of amides is 2. The standard InChI is InChI=1S/C7H12N2O3/c1-3-4-6(10)9(5(2)8)7(11)12/h3,5H,1,4,8H2,2H3,(H,11,12). The molecule has 0 aliphatic heterocycles. The molecule has 3 N–H and O–H groups in total. The Morgan fingerprint density at radius 1 is 1.75 bits per heavy atom. The zero-order valence-electron chi connectivity index (χ0n) is 6.86. The van der Waals surface area contributed by atoms with Gasteiger partial charge < -0.3 is 10.8 Å². The van der Waals surface area contributed by atoms with E-state index in [0.717, 1.165) is 0 Å². The molecule has 5 nitrogen and oxygen atoms in total. The fraction of sp³-hybridized carbons (Fsp3) is 0.429. The van der Waals surface area contributed by atoms with Crippen LogP contribution in [0.1, 0.15) is 13.3 Å². The van der Waals surface area contributed by atoms with Crippen LogP contribution < -0.4 is 5.73 Å². The average molecular weight is 172 g/mol. The Labute approximate surface area is 70.5 Å². The molecule has 0 radical (unpaired) electrons. The van der Waals surface area contributed by atoms with E-state index in [9.17, 15) is 9.59 Å². The van der Waals surface area contributed by atoms with E-state index in [1.165, 1.54) is 13.0 Å². The third-order valence-corrected chi connectivity index (χ3v) is 1.20. The lowest BCUT2D eigenvalue weighted by Crippen LogP contribution is -2.46. The molecular weight excluding hydrogens is 160 g/mol. The summed E-state index contributed by atoms with van der Waals surface area (Å²) in [7, 11) is 0. The fourth-order valence-corrected chi connectivity index (χ4v) is 0.730. The molecule has 0 saturated heterocycles. The average Bonchev–Trinajstić information content (AvgIpc) is 1.85. The summed E-state index contributed by atoms with van der Waals surface area (Å²) in [5, 5.41) is 8.53. The summed E-state index contributed by atoms with van der Waals surface area (Å²) < 4.78 is 0. The predicted octanol–water partition coefficient (Wildman–Crippen LogP) is 0.374. The number of rotatable bonds is 3. The molecule has 1 unspecified atom stereocenters. The van der Waals surface area contributed by atoms with Gasteiger partial charge in [0.05, 0.1) is 6.17 Å². The fourth-order valence-electron chi connectivity index (χ4n) is 0.730. The lowest BCUT2D eigenvalue weighted by Gasteiger charge is -2.20. The minimum Gasteiger partial charge on any atom is -0.465 e. The van der Waals surface area contributed by atoms with Crippen molar-refractivity contribution >= 4 is 12.0 Å². The van der Waals surface area contributed by atoms with Crippen molar-refractivity contribution in [3.05, 3.63) is 12.7 Å². The first-order valence-electron chi connectivity index (χ1n) is 3.42. The van der Waals surface area contributed by atoms with Crippen LogP contribution >= 0.6 is 0 Å². The summed E-state index contributed by atoms with van der Waals surface area (Å²) in [6.45, 7) is 4.75. The molecule has 0 aromatic carbocycles. The van der Waals surface area contributed by atoms with Gasteiger partial charge in [0.1, 0.15) is 0 Å². The summed E-state index contributed by atoms with van der Waals surface area (Å²) in [6.07, 6.45) is -0.846. The summed E-state index contributed by atoms with van der Waals surface area (Å²) in [4.78, 5) is 22.0. The van der Waals surface area contributed by atoms with Gasteiger partial charge in [0.25, 0.3) is 0 Å². The van der Waals surface area contributed by atoms with E-state index in [2.05, 4.69) is 6.58 Å². The number of nitrogens with two attached hydrogens (primary N) is 1. The van der Waals surface area contributed by atoms with Gasteiger partial charge in [-0.25, -0.2) is 9.69 Å². The van der Waals surface area contributed by atoms with Crippen LogP contribution in [0.4, 0.5) is 4.79 Å². The molecule has 0 aromatic heterocycles. The summed E-state index contributed by atoms with van der Waals surface area (Å²) in [5.41, 5.74) is 5.26. The Bertz CT molecular complexity index is 201. The quantitative estimate of drug-likeness (QED) is 0.476. The molecule has 68 valence electrons. The number of imide groups is 1. The molecule has 5 heteroatoms. The van der Waals surface area contributed by atoms with Gasteiger partial charge in [0.2, 0.25) is 5.91 Å². The monoisotopic (exact) mass is 172 g/mol. The van der Waals surface area contributed by atoms with Crippen molar-refractivity contribution in [3.63, 3.8) is 0 Å². The maximum atomic E-state index is 11.0. The van der Waals surface area contributed by atoms with Crippen molar-refractivity contribution in [2.24, 2.45) is 5.73 Å². The highest BCUT2D eigenvalue weighted by Gasteiger charge is 2.22. The highest BCUT2D eigenvalue weighted by atomic mass is 16.4.